The van der Waals surface area contributed by atoms with Gasteiger partial charge in [0.15, 0.2) is 0 Å². The number of rotatable bonds is 7. The molecule has 1 aromatic carbocycles. The Hall–Kier alpha value is -0.280. The van der Waals surface area contributed by atoms with Gasteiger partial charge in [0.25, 0.3) is 0 Å². The highest BCUT2D eigenvalue weighted by Crippen LogP contribution is 2.22. The highest BCUT2D eigenvalue weighted by molar-refractivity contribution is 6.42. The molecule has 1 saturated heterocycles. The second-order valence-corrected chi connectivity index (χ2v) is 7.60. The second kappa shape index (κ2) is 9.12. The summed E-state index contributed by atoms with van der Waals surface area (Å²) >= 11 is 12.0. The van der Waals surface area contributed by atoms with Gasteiger partial charge in [-0.05, 0) is 68.9 Å². The van der Waals surface area contributed by atoms with E-state index in [1.165, 1.54) is 50.9 Å². The van der Waals surface area contributed by atoms with Crippen molar-refractivity contribution in [1.29, 1.82) is 0 Å². The number of halogens is 2. The number of nitrogens with zero attached hydrogens (tertiary/aromatic N) is 1. The van der Waals surface area contributed by atoms with Crippen molar-refractivity contribution in [2.45, 2.75) is 52.1 Å². The first kappa shape index (κ1) is 18.1. The standard InChI is InChI=1S/C18H28Cl2N2/c1-14(2)4-3-9-22-10-7-16(8-11-22)21-13-15-5-6-17(19)18(20)12-15/h5-6,12,14,16,21H,3-4,7-11,13H2,1-2H3. The number of nitrogens with one attached hydrogen (secondary N) is 1. The van der Waals surface area contributed by atoms with Crippen LogP contribution in [0.4, 0.5) is 0 Å². The minimum absolute atomic E-state index is 0.621. The summed E-state index contributed by atoms with van der Waals surface area (Å²) in [5, 5.41) is 4.92. The lowest BCUT2D eigenvalue weighted by Crippen LogP contribution is -2.42. The second-order valence-electron chi connectivity index (χ2n) is 6.78. The first-order chi connectivity index (χ1) is 10.5. The minimum atomic E-state index is 0.621. The molecule has 1 aliphatic rings. The highest BCUT2D eigenvalue weighted by atomic mass is 35.5. The Bertz CT molecular complexity index is 454. The topological polar surface area (TPSA) is 15.3 Å². The van der Waals surface area contributed by atoms with Crippen LogP contribution in [-0.4, -0.2) is 30.6 Å². The Labute approximate surface area is 145 Å². The fourth-order valence-electron chi connectivity index (χ4n) is 3.00. The van der Waals surface area contributed by atoms with Gasteiger partial charge in [0.2, 0.25) is 0 Å². The predicted octanol–water partition coefficient (Wildman–Crippen LogP) is 4.98. The molecule has 0 spiro atoms. The molecule has 22 heavy (non-hydrogen) atoms. The van der Waals surface area contributed by atoms with Gasteiger partial charge in [-0.15, -0.1) is 0 Å². The van der Waals surface area contributed by atoms with E-state index in [-0.39, 0.29) is 0 Å². The van der Waals surface area contributed by atoms with E-state index in [1.54, 1.807) is 0 Å². The molecule has 2 rings (SSSR count). The van der Waals surface area contributed by atoms with Crippen molar-refractivity contribution in [3.63, 3.8) is 0 Å². The van der Waals surface area contributed by atoms with Gasteiger partial charge < -0.3 is 10.2 Å². The quantitative estimate of drug-likeness (QED) is 0.751. The Kier molecular flexibility index (Phi) is 7.49. The first-order valence-corrected chi connectivity index (χ1v) is 9.20. The van der Waals surface area contributed by atoms with E-state index < -0.39 is 0 Å². The van der Waals surface area contributed by atoms with Crippen molar-refractivity contribution in [2.75, 3.05) is 19.6 Å². The Morgan fingerprint density at radius 2 is 1.91 bits per heavy atom. The number of benzene rings is 1. The van der Waals surface area contributed by atoms with Crippen LogP contribution in [0.1, 0.15) is 45.1 Å². The van der Waals surface area contributed by atoms with Crippen LogP contribution in [0.25, 0.3) is 0 Å². The lowest BCUT2D eigenvalue weighted by atomic mass is 10.0. The van der Waals surface area contributed by atoms with Crippen LogP contribution in [0.3, 0.4) is 0 Å². The number of hydrogen-bond donors (Lipinski definition) is 1. The molecule has 1 fully saturated rings. The van der Waals surface area contributed by atoms with Gasteiger partial charge in [0, 0.05) is 12.6 Å². The molecule has 2 nitrogen and oxygen atoms in total. The molecule has 0 aromatic heterocycles. The lowest BCUT2D eigenvalue weighted by molar-refractivity contribution is 0.192. The van der Waals surface area contributed by atoms with Crippen LogP contribution >= 0.6 is 23.2 Å². The Morgan fingerprint density at radius 1 is 1.18 bits per heavy atom. The molecule has 1 N–H and O–H groups in total. The van der Waals surface area contributed by atoms with Crippen LogP contribution in [0, 0.1) is 5.92 Å². The molecular formula is C18H28Cl2N2. The summed E-state index contributed by atoms with van der Waals surface area (Å²) in [6.45, 7) is 9.18. The third-order valence-electron chi connectivity index (χ3n) is 4.42. The van der Waals surface area contributed by atoms with Gasteiger partial charge >= 0.3 is 0 Å². The van der Waals surface area contributed by atoms with E-state index in [4.69, 9.17) is 23.2 Å². The summed E-state index contributed by atoms with van der Waals surface area (Å²) in [4.78, 5) is 2.61. The average molecular weight is 343 g/mol. The molecule has 0 radical (unpaired) electrons. The molecule has 1 aliphatic heterocycles. The molecule has 0 amide bonds. The molecule has 4 heteroatoms. The van der Waals surface area contributed by atoms with Gasteiger partial charge in [-0.3, -0.25) is 0 Å². The van der Waals surface area contributed by atoms with Gasteiger partial charge in [-0.2, -0.15) is 0 Å². The number of piperidine rings is 1. The number of likely N-dealkylation sites (tertiary alicyclic amines) is 1. The van der Waals surface area contributed by atoms with E-state index >= 15 is 0 Å². The van der Waals surface area contributed by atoms with Crippen LogP contribution in [-0.2, 0) is 6.54 Å². The van der Waals surface area contributed by atoms with Crippen molar-refractivity contribution in [3.05, 3.63) is 33.8 Å². The van der Waals surface area contributed by atoms with Crippen LogP contribution in [0.5, 0.6) is 0 Å². The van der Waals surface area contributed by atoms with E-state index in [2.05, 4.69) is 24.1 Å². The molecule has 1 heterocycles. The Morgan fingerprint density at radius 3 is 2.55 bits per heavy atom. The summed E-state index contributed by atoms with van der Waals surface area (Å²) in [5.41, 5.74) is 1.20. The average Bonchev–Trinajstić information content (AvgIpc) is 2.49. The summed E-state index contributed by atoms with van der Waals surface area (Å²) in [6, 6.07) is 6.49. The third kappa shape index (κ3) is 6.08. The molecule has 0 unspecified atom stereocenters. The predicted molar refractivity (Wildman–Crippen MR) is 96.8 cm³/mol. The van der Waals surface area contributed by atoms with Gasteiger partial charge in [-0.1, -0.05) is 43.1 Å². The van der Waals surface area contributed by atoms with Crippen LogP contribution in [0.2, 0.25) is 10.0 Å². The monoisotopic (exact) mass is 342 g/mol. The summed E-state index contributed by atoms with van der Waals surface area (Å²) < 4.78 is 0. The SMILES string of the molecule is CC(C)CCCN1CCC(NCc2ccc(Cl)c(Cl)c2)CC1. The van der Waals surface area contributed by atoms with Crippen LogP contribution in [0.15, 0.2) is 18.2 Å². The number of hydrogen-bond acceptors (Lipinski definition) is 2. The van der Waals surface area contributed by atoms with Crippen LogP contribution < -0.4 is 5.32 Å². The van der Waals surface area contributed by atoms with Crippen molar-refractivity contribution < 1.29 is 0 Å². The fraction of sp³-hybridized carbons (Fsp3) is 0.667. The van der Waals surface area contributed by atoms with E-state index in [0.717, 1.165) is 12.5 Å². The fourth-order valence-corrected chi connectivity index (χ4v) is 3.32. The third-order valence-corrected chi connectivity index (χ3v) is 5.16. The zero-order valence-corrected chi connectivity index (χ0v) is 15.3. The molecule has 0 bridgehead atoms. The van der Waals surface area contributed by atoms with Gasteiger partial charge in [0.1, 0.15) is 0 Å². The summed E-state index contributed by atoms with van der Waals surface area (Å²) in [6.07, 6.45) is 5.15. The lowest BCUT2D eigenvalue weighted by Gasteiger charge is -2.32. The Balaban J connectivity index is 1.66. The highest BCUT2D eigenvalue weighted by Gasteiger charge is 2.18. The molecule has 0 saturated carbocycles. The summed E-state index contributed by atoms with van der Waals surface area (Å²) in [7, 11) is 0. The van der Waals surface area contributed by atoms with Crippen molar-refractivity contribution in [2.24, 2.45) is 5.92 Å². The maximum absolute atomic E-state index is 6.06. The van der Waals surface area contributed by atoms with Crippen molar-refractivity contribution >= 4 is 23.2 Å². The van der Waals surface area contributed by atoms with E-state index in [0.29, 0.717) is 16.1 Å². The van der Waals surface area contributed by atoms with Gasteiger partial charge in [-0.25, -0.2) is 0 Å². The van der Waals surface area contributed by atoms with Gasteiger partial charge in [0.05, 0.1) is 10.0 Å². The summed E-state index contributed by atoms with van der Waals surface area (Å²) in [5.74, 6) is 0.824. The molecule has 0 aliphatic carbocycles. The molecular weight excluding hydrogens is 315 g/mol. The van der Waals surface area contributed by atoms with Crippen molar-refractivity contribution in [3.8, 4) is 0 Å². The smallest absolute Gasteiger partial charge is 0.0595 e. The van der Waals surface area contributed by atoms with E-state index in [1.807, 2.05) is 18.2 Å². The maximum atomic E-state index is 6.06. The molecule has 1 aromatic rings. The zero-order valence-electron chi connectivity index (χ0n) is 13.7. The zero-order chi connectivity index (χ0) is 15.9. The largest absolute Gasteiger partial charge is 0.310 e. The normalized spacial score (nSPS) is 17.3. The minimum Gasteiger partial charge on any atom is -0.310 e. The van der Waals surface area contributed by atoms with E-state index in [9.17, 15) is 0 Å². The maximum Gasteiger partial charge on any atom is 0.0595 e. The molecule has 0 atom stereocenters. The van der Waals surface area contributed by atoms with Crippen molar-refractivity contribution in [1.82, 2.24) is 10.2 Å². The first-order valence-electron chi connectivity index (χ1n) is 8.44. The molecule has 124 valence electrons.